The summed E-state index contributed by atoms with van der Waals surface area (Å²) in [6.45, 7) is 3.76. The van der Waals surface area contributed by atoms with Gasteiger partial charge in [0.2, 0.25) is 11.9 Å². The third-order valence-electron chi connectivity index (χ3n) is 4.82. The maximum absolute atomic E-state index is 13.0. The van der Waals surface area contributed by atoms with Crippen LogP contribution in [0.4, 0.5) is 16.3 Å². The zero-order valence-electron chi connectivity index (χ0n) is 12.9. The summed E-state index contributed by atoms with van der Waals surface area (Å²) >= 11 is 0. The number of aromatic nitrogens is 4. The molecule has 0 radical (unpaired) electrons. The van der Waals surface area contributed by atoms with E-state index in [9.17, 15) is 4.39 Å². The molecule has 2 aromatic rings. The van der Waals surface area contributed by atoms with Crippen LogP contribution >= 0.6 is 0 Å². The van der Waals surface area contributed by atoms with Crippen LogP contribution in [0.2, 0.25) is 0 Å². The van der Waals surface area contributed by atoms with E-state index >= 15 is 0 Å². The van der Waals surface area contributed by atoms with Gasteiger partial charge in [-0.05, 0) is 25.3 Å². The standard InChI is InChI=1S/C16H19FN6/c17-13-9-20-15(21-10-13)22-7-1-3-16(11-22)4-8-23(12-16)14-18-5-2-6-19-14/h2,5-6,9-10H,1,3-4,7-8,11-12H2/t16-/m0/s1. The van der Waals surface area contributed by atoms with Crippen molar-refractivity contribution in [2.45, 2.75) is 19.3 Å². The number of nitrogens with zero attached hydrogens (tertiary/aromatic N) is 6. The predicted octanol–water partition coefficient (Wildman–Crippen LogP) is 1.90. The molecule has 4 heterocycles. The molecule has 2 aliphatic heterocycles. The van der Waals surface area contributed by atoms with Crippen molar-refractivity contribution in [3.8, 4) is 0 Å². The van der Waals surface area contributed by atoms with Crippen LogP contribution in [0.25, 0.3) is 0 Å². The van der Waals surface area contributed by atoms with Crippen molar-refractivity contribution in [1.82, 2.24) is 19.9 Å². The van der Waals surface area contributed by atoms with Crippen molar-refractivity contribution in [3.63, 3.8) is 0 Å². The second kappa shape index (κ2) is 5.72. The van der Waals surface area contributed by atoms with Gasteiger partial charge >= 0.3 is 0 Å². The molecule has 23 heavy (non-hydrogen) atoms. The highest BCUT2D eigenvalue weighted by Crippen LogP contribution is 2.40. The molecule has 0 aliphatic carbocycles. The number of piperidine rings is 1. The molecule has 0 unspecified atom stereocenters. The first-order valence-corrected chi connectivity index (χ1v) is 7.99. The molecule has 0 N–H and O–H groups in total. The molecule has 7 heteroatoms. The number of hydrogen-bond donors (Lipinski definition) is 0. The van der Waals surface area contributed by atoms with E-state index in [4.69, 9.17) is 0 Å². The maximum atomic E-state index is 13.0. The van der Waals surface area contributed by atoms with Gasteiger partial charge in [0, 0.05) is 44.0 Å². The van der Waals surface area contributed by atoms with Gasteiger partial charge in [0.1, 0.15) is 0 Å². The molecule has 1 atom stereocenters. The van der Waals surface area contributed by atoms with Crippen LogP contribution < -0.4 is 9.80 Å². The van der Waals surface area contributed by atoms with E-state index in [1.807, 2.05) is 6.07 Å². The van der Waals surface area contributed by atoms with Crippen molar-refractivity contribution in [1.29, 1.82) is 0 Å². The third-order valence-corrected chi connectivity index (χ3v) is 4.82. The van der Waals surface area contributed by atoms with Gasteiger partial charge < -0.3 is 9.80 Å². The highest BCUT2D eigenvalue weighted by molar-refractivity contribution is 5.35. The predicted molar refractivity (Wildman–Crippen MR) is 84.7 cm³/mol. The molecule has 2 aromatic heterocycles. The fourth-order valence-electron chi connectivity index (χ4n) is 3.74. The summed E-state index contributed by atoms with van der Waals surface area (Å²) in [5.74, 6) is 1.04. The largest absolute Gasteiger partial charge is 0.340 e. The van der Waals surface area contributed by atoms with Gasteiger partial charge in [-0.25, -0.2) is 24.3 Å². The number of halogens is 1. The Kier molecular flexibility index (Phi) is 3.55. The van der Waals surface area contributed by atoms with E-state index in [0.717, 1.165) is 45.0 Å². The van der Waals surface area contributed by atoms with E-state index in [-0.39, 0.29) is 5.41 Å². The molecule has 2 saturated heterocycles. The van der Waals surface area contributed by atoms with Gasteiger partial charge in [-0.15, -0.1) is 0 Å². The van der Waals surface area contributed by atoms with Gasteiger partial charge in [0.25, 0.3) is 0 Å². The van der Waals surface area contributed by atoms with Crippen LogP contribution in [0.5, 0.6) is 0 Å². The molecule has 4 rings (SSSR count). The number of anilines is 2. The summed E-state index contributed by atoms with van der Waals surface area (Å²) < 4.78 is 13.0. The molecule has 0 saturated carbocycles. The third kappa shape index (κ3) is 2.83. The Morgan fingerprint density at radius 2 is 1.52 bits per heavy atom. The Bertz CT molecular complexity index is 664. The molecule has 0 amide bonds. The molecule has 0 aromatic carbocycles. The van der Waals surface area contributed by atoms with Gasteiger partial charge in [-0.3, -0.25) is 0 Å². The minimum atomic E-state index is -0.395. The van der Waals surface area contributed by atoms with Crippen LogP contribution in [-0.2, 0) is 0 Å². The zero-order valence-corrected chi connectivity index (χ0v) is 12.9. The smallest absolute Gasteiger partial charge is 0.225 e. The summed E-state index contributed by atoms with van der Waals surface area (Å²) in [6.07, 6.45) is 9.45. The monoisotopic (exact) mass is 314 g/mol. The normalized spacial score (nSPS) is 24.4. The minimum absolute atomic E-state index is 0.217. The van der Waals surface area contributed by atoms with E-state index in [1.54, 1.807) is 12.4 Å². The van der Waals surface area contributed by atoms with E-state index in [0.29, 0.717) is 5.95 Å². The molecule has 0 bridgehead atoms. The highest BCUT2D eigenvalue weighted by atomic mass is 19.1. The topological polar surface area (TPSA) is 58.0 Å². The number of rotatable bonds is 2. The van der Waals surface area contributed by atoms with Crippen molar-refractivity contribution in [2.24, 2.45) is 5.41 Å². The van der Waals surface area contributed by atoms with Crippen molar-refractivity contribution in [3.05, 3.63) is 36.7 Å². The molecule has 1 spiro atoms. The Labute approximate surface area is 134 Å². The second-order valence-electron chi connectivity index (χ2n) is 6.45. The summed E-state index contributed by atoms with van der Waals surface area (Å²) in [5, 5.41) is 0. The van der Waals surface area contributed by atoms with Gasteiger partial charge in [-0.2, -0.15) is 0 Å². The maximum Gasteiger partial charge on any atom is 0.225 e. The fraction of sp³-hybridized carbons (Fsp3) is 0.500. The van der Waals surface area contributed by atoms with E-state index in [1.165, 1.54) is 18.8 Å². The first-order valence-electron chi connectivity index (χ1n) is 7.99. The lowest BCUT2D eigenvalue weighted by molar-refractivity contribution is 0.262. The summed E-state index contributed by atoms with van der Waals surface area (Å²) in [5.41, 5.74) is 0.217. The Morgan fingerprint density at radius 3 is 2.26 bits per heavy atom. The SMILES string of the molecule is Fc1cnc(N2CCC[C@]3(CCN(c4ncccn4)C3)C2)nc1. The van der Waals surface area contributed by atoms with Crippen LogP contribution in [0.3, 0.4) is 0 Å². The summed E-state index contributed by atoms with van der Waals surface area (Å²) in [6, 6.07) is 1.84. The second-order valence-corrected chi connectivity index (χ2v) is 6.45. The molecule has 6 nitrogen and oxygen atoms in total. The lowest BCUT2D eigenvalue weighted by Crippen LogP contribution is -2.45. The summed E-state index contributed by atoms with van der Waals surface area (Å²) in [4.78, 5) is 21.4. The minimum Gasteiger partial charge on any atom is -0.340 e. The fourth-order valence-corrected chi connectivity index (χ4v) is 3.74. The molecule has 2 fully saturated rings. The Hall–Kier alpha value is -2.31. The molecular formula is C16H19FN6. The van der Waals surface area contributed by atoms with Crippen LogP contribution in [0.15, 0.2) is 30.9 Å². The average molecular weight is 314 g/mol. The first kappa shape index (κ1) is 14.3. The van der Waals surface area contributed by atoms with Crippen LogP contribution in [0, 0.1) is 11.2 Å². The molecule has 2 aliphatic rings. The first-order chi connectivity index (χ1) is 11.2. The van der Waals surface area contributed by atoms with Crippen molar-refractivity contribution in [2.75, 3.05) is 36.0 Å². The zero-order chi connectivity index (χ0) is 15.7. The lowest BCUT2D eigenvalue weighted by atomic mass is 9.79. The Balaban J connectivity index is 1.50. The van der Waals surface area contributed by atoms with E-state index in [2.05, 4.69) is 29.7 Å². The van der Waals surface area contributed by atoms with Crippen LogP contribution in [0.1, 0.15) is 19.3 Å². The molecule has 120 valence electrons. The summed E-state index contributed by atoms with van der Waals surface area (Å²) in [7, 11) is 0. The molecular weight excluding hydrogens is 295 g/mol. The van der Waals surface area contributed by atoms with Gasteiger partial charge in [0.15, 0.2) is 5.82 Å². The van der Waals surface area contributed by atoms with E-state index < -0.39 is 5.82 Å². The average Bonchev–Trinajstić information content (AvgIpc) is 3.00. The van der Waals surface area contributed by atoms with Gasteiger partial charge in [0.05, 0.1) is 12.4 Å². The quantitative estimate of drug-likeness (QED) is 0.844. The lowest BCUT2D eigenvalue weighted by Gasteiger charge is -2.40. The number of hydrogen-bond acceptors (Lipinski definition) is 6. The Morgan fingerprint density at radius 1 is 0.870 bits per heavy atom. The van der Waals surface area contributed by atoms with Crippen LogP contribution in [-0.4, -0.2) is 46.1 Å². The van der Waals surface area contributed by atoms with Crippen molar-refractivity contribution >= 4 is 11.9 Å². The van der Waals surface area contributed by atoms with Gasteiger partial charge in [-0.1, -0.05) is 0 Å². The van der Waals surface area contributed by atoms with Crippen molar-refractivity contribution < 1.29 is 4.39 Å². The highest BCUT2D eigenvalue weighted by Gasteiger charge is 2.42.